The second kappa shape index (κ2) is 13.0. The van der Waals surface area contributed by atoms with E-state index in [1.165, 1.54) is 61.0 Å². The Morgan fingerprint density at radius 1 is 0.585 bits per heavy atom. The van der Waals surface area contributed by atoms with E-state index in [2.05, 4.69) is 95.3 Å². The summed E-state index contributed by atoms with van der Waals surface area (Å²) in [4.78, 5) is 14.3. The minimum absolute atomic E-state index is 0. The number of nitrogens with zero attached hydrogens (tertiary/aromatic N) is 3. The van der Waals surface area contributed by atoms with Gasteiger partial charge in [-0.3, -0.25) is 0 Å². The Morgan fingerprint density at radius 2 is 1.15 bits per heavy atom. The van der Waals surface area contributed by atoms with Crippen LogP contribution in [0.15, 0.2) is 12.1 Å². The van der Waals surface area contributed by atoms with Gasteiger partial charge in [0.25, 0.3) is 0 Å². The van der Waals surface area contributed by atoms with E-state index < -0.39 is 0 Å². The zero-order chi connectivity index (χ0) is 28.6. The summed E-state index contributed by atoms with van der Waals surface area (Å²) in [6.07, 6.45) is 13.5. The molecule has 4 nitrogen and oxygen atoms in total. The molecule has 0 saturated heterocycles. The molecule has 0 saturated carbocycles. The van der Waals surface area contributed by atoms with Crippen molar-refractivity contribution >= 4 is 45.9 Å². The van der Waals surface area contributed by atoms with Gasteiger partial charge in [-0.25, -0.2) is 9.97 Å². The number of aromatic amines is 1. The average Bonchev–Trinajstić information content (AvgIpc) is 3.73. The molecule has 219 valence electrons. The fourth-order valence-electron chi connectivity index (χ4n) is 7.09. The standard InChI is InChI=1S/C36H46N4.Co/c1-9-22-19-25-20-23-17-18-24(37-23)21-32-26(10-2)29(13-5)36(40(32)16-8)31(15-7)35-28(12-4)27(11-3)34(39-35)30(14-6)33(22)38-25;/h17-21,39H,9-16H2,1-8H3;. The smallest absolute Gasteiger partial charge is 0.0722 e. The molecule has 8 bridgehead atoms. The molecule has 0 aromatic carbocycles. The predicted octanol–water partition coefficient (Wildman–Crippen LogP) is 9.30. The SMILES string of the molecule is CCC1=Cc2cc3nc(cc4c(CC)c(CC)c(c(CC)c5[nH]c(c(CC)c1n2)c(CC)c5CC)n4CC)C=C3.[Co]. The molecule has 5 rings (SSSR count). The number of fused-ring (bicyclic) bond motifs is 8. The summed E-state index contributed by atoms with van der Waals surface area (Å²) in [6.45, 7) is 19.3. The largest absolute Gasteiger partial charge is 0.354 e. The third-order valence-electron chi connectivity index (χ3n) is 8.86. The van der Waals surface area contributed by atoms with Gasteiger partial charge >= 0.3 is 0 Å². The predicted molar refractivity (Wildman–Crippen MR) is 174 cm³/mol. The molecule has 3 aromatic rings. The van der Waals surface area contributed by atoms with Gasteiger partial charge < -0.3 is 9.55 Å². The van der Waals surface area contributed by atoms with Crippen LogP contribution in [0.3, 0.4) is 0 Å². The van der Waals surface area contributed by atoms with E-state index in [4.69, 9.17) is 9.97 Å². The molecule has 41 heavy (non-hydrogen) atoms. The van der Waals surface area contributed by atoms with E-state index >= 15 is 0 Å². The molecule has 1 N–H and O–H groups in total. The first-order chi connectivity index (χ1) is 19.5. The van der Waals surface area contributed by atoms with Crippen molar-refractivity contribution in [3.8, 4) is 0 Å². The summed E-state index contributed by atoms with van der Waals surface area (Å²) in [7, 11) is 0. The topological polar surface area (TPSA) is 46.5 Å². The van der Waals surface area contributed by atoms with Crippen LogP contribution in [0.1, 0.15) is 118 Å². The molecule has 0 unspecified atom stereocenters. The van der Waals surface area contributed by atoms with Crippen LogP contribution in [0.4, 0.5) is 0 Å². The van der Waals surface area contributed by atoms with Gasteiger partial charge in [0.2, 0.25) is 0 Å². The van der Waals surface area contributed by atoms with E-state index in [0.29, 0.717) is 0 Å². The van der Waals surface area contributed by atoms with Crippen molar-refractivity contribution in [3.05, 3.63) is 68.3 Å². The molecular formula is C36H46CoN4. The second-order valence-corrected chi connectivity index (χ2v) is 10.8. The Kier molecular flexibility index (Phi) is 9.81. The summed E-state index contributed by atoms with van der Waals surface area (Å²) in [5, 5.41) is 0. The van der Waals surface area contributed by atoms with Gasteiger partial charge in [0, 0.05) is 51.0 Å². The Bertz CT molecular complexity index is 1680. The monoisotopic (exact) mass is 593 g/mol. The molecule has 5 heteroatoms. The van der Waals surface area contributed by atoms with Gasteiger partial charge in [0.15, 0.2) is 0 Å². The molecule has 2 aliphatic rings. The van der Waals surface area contributed by atoms with Crippen molar-refractivity contribution in [1.29, 1.82) is 0 Å². The van der Waals surface area contributed by atoms with Crippen LogP contribution in [0.5, 0.6) is 0 Å². The first-order valence-electron chi connectivity index (χ1n) is 15.7. The van der Waals surface area contributed by atoms with E-state index in [9.17, 15) is 0 Å². The fourth-order valence-corrected chi connectivity index (χ4v) is 7.09. The molecule has 5 heterocycles. The number of aryl methyl sites for hydroxylation is 7. The molecule has 0 aliphatic carbocycles. The van der Waals surface area contributed by atoms with E-state index in [-0.39, 0.29) is 16.8 Å². The van der Waals surface area contributed by atoms with Crippen molar-refractivity contribution in [2.45, 2.75) is 107 Å². The van der Waals surface area contributed by atoms with Gasteiger partial charge in [-0.1, -0.05) is 48.5 Å². The molecular weight excluding hydrogens is 547 g/mol. The fraction of sp³-hybridized carbons (Fsp3) is 0.444. The number of rotatable bonds is 8. The summed E-state index contributed by atoms with van der Waals surface area (Å²) < 4.78 is 2.57. The molecule has 0 atom stereocenters. The van der Waals surface area contributed by atoms with Crippen molar-refractivity contribution in [2.24, 2.45) is 0 Å². The minimum Gasteiger partial charge on any atom is -0.354 e. The summed E-state index contributed by atoms with van der Waals surface area (Å²) in [6, 6.07) is 4.45. The molecule has 2 aliphatic heterocycles. The quantitative estimate of drug-likeness (QED) is 0.221. The summed E-state index contributed by atoms with van der Waals surface area (Å²) in [5.41, 5.74) is 19.4. The van der Waals surface area contributed by atoms with Crippen molar-refractivity contribution in [1.82, 2.24) is 19.5 Å². The summed E-state index contributed by atoms with van der Waals surface area (Å²) >= 11 is 0. The third kappa shape index (κ3) is 5.16. The number of hydrogen-bond donors (Lipinski definition) is 1. The number of nitrogens with one attached hydrogen (secondary N) is 1. The maximum atomic E-state index is 5.22. The number of aromatic nitrogens is 4. The van der Waals surface area contributed by atoms with E-state index in [1.54, 1.807) is 0 Å². The van der Waals surface area contributed by atoms with Crippen LogP contribution in [-0.2, 0) is 61.8 Å². The van der Waals surface area contributed by atoms with E-state index in [1.807, 2.05) is 0 Å². The summed E-state index contributed by atoms with van der Waals surface area (Å²) in [5.74, 6) is 0. The van der Waals surface area contributed by atoms with Crippen LogP contribution in [-0.4, -0.2) is 19.5 Å². The molecule has 0 fully saturated rings. The first kappa shape index (κ1) is 31.1. The van der Waals surface area contributed by atoms with E-state index in [0.717, 1.165) is 74.3 Å². The molecule has 3 aromatic heterocycles. The van der Waals surface area contributed by atoms with Gasteiger partial charge in [0.1, 0.15) is 0 Å². The Morgan fingerprint density at radius 3 is 1.68 bits per heavy atom. The van der Waals surface area contributed by atoms with Crippen LogP contribution < -0.4 is 0 Å². The van der Waals surface area contributed by atoms with Gasteiger partial charge in [-0.05, 0) is 116 Å². The Balaban J connectivity index is 0.00000387. The van der Waals surface area contributed by atoms with Crippen LogP contribution in [0, 0.1) is 0 Å². The van der Waals surface area contributed by atoms with Crippen molar-refractivity contribution in [2.75, 3.05) is 0 Å². The first-order valence-corrected chi connectivity index (χ1v) is 15.7. The molecule has 0 spiro atoms. The van der Waals surface area contributed by atoms with Crippen molar-refractivity contribution in [3.63, 3.8) is 0 Å². The number of hydrogen-bond acceptors (Lipinski definition) is 2. The van der Waals surface area contributed by atoms with Gasteiger partial charge in [-0.2, -0.15) is 0 Å². The Hall–Kier alpha value is -2.89. The number of H-pyrrole nitrogens is 1. The van der Waals surface area contributed by atoms with Crippen LogP contribution >= 0.6 is 0 Å². The van der Waals surface area contributed by atoms with Crippen LogP contribution in [0.2, 0.25) is 0 Å². The minimum atomic E-state index is 0. The van der Waals surface area contributed by atoms with Gasteiger partial charge in [0.05, 0.1) is 22.8 Å². The Labute approximate surface area is 256 Å². The molecule has 0 amide bonds. The van der Waals surface area contributed by atoms with Crippen molar-refractivity contribution < 1.29 is 16.8 Å². The average molecular weight is 594 g/mol. The maximum absolute atomic E-state index is 5.22. The van der Waals surface area contributed by atoms with Gasteiger partial charge in [-0.15, -0.1) is 0 Å². The molecule has 1 radical (unpaired) electrons. The third-order valence-corrected chi connectivity index (χ3v) is 8.86. The number of allylic oxidation sites excluding steroid dienone is 1. The zero-order valence-corrected chi connectivity index (χ0v) is 27.3. The normalized spacial score (nSPS) is 12.5. The van der Waals surface area contributed by atoms with Crippen LogP contribution in [0.25, 0.3) is 45.9 Å². The second-order valence-electron chi connectivity index (χ2n) is 10.8. The zero-order valence-electron chi connectivity index (χ0n) is 26.2. The maximum Gasteiger partial charge on any atom is 0.0722 e.